The first-order chi connectivity index (χ1) is 15.2. The van der Waals surface area contributed by atoms with Gasteiger partial charge in [-0.1, -0.05) is 56.0 Å². The molecule has 3 aromatic carbocycles. The molecule has 5 aromatic rings. The molecule has 2 aromatic heterocycles. The molecule has 0 unspecified atom stereocenters. The van der Waals surface area contributed by atoms with Crippen LogP contribution in [0.3, 0.4) is 0 Å². The zero-order chi connectivity index (χ0) is 20.9. The Morgan fingerprint density at radius 2 is 1.81 bits per heavy atom. The number of hydrogen-bond acceptors (Lipinski definition) is 2. The van der Waals surface area contributed by atoms with Gasteiger partial charge in [-0.25, -0.2) is 8.78 Å². The summed E-state index contributed by atoms with van der Waals surface area (Å²) in [5, 5.41) is 3.09. The van der Waals surface area contributed by atoms with Crippen molar-refractivity contribution in [3.05, 3.63) is 78.0 Å². The van der Waals surface area contributed by atoms with Crippen LogP contribution in [0.25, 0.3) is 44.0 Å². The maximum atomic E-state index is 14.5. The van der Waals surface area contributed by atoms with E-state index in [-0.39, 0.29) is 5.58 Å². The smallest absolute Gasteiger partial charge is 0.144 e. The second kappa shape index (κ2) is 7.16. The summed E-state index contributed by atoms with van der Waals surface area (Å²) < 4.78 is 34.2. The van der Waals surface area contributed by atoms with Gasteiger partial charge in [-0.05, 0) is 35.4 Å². The maximum Gasteiger partial charge on any atom is 0.144 e. The van der Waals surface area contributed by atoms with Gasteiger partial charge in [-0.3, -0.25) is 4.98 Å². The molecular weight excluding hydrogens is 392 g/mol. The molecule has 6 rings (SSSR count). The van der Waals surface area contributed by atoms with Crippen molar-refractivity contribution in [2.45, 2.75) is 32.1 Å². The van der Waals surface area contributed by atoms with Crippen molar-refractivity contribution in [2.75, 3.05) is 0 Å². The zero-order valence-corrected chi connectivity index (χ0v) is 17.0. The number of benzene rings is 3. The molecule has 1 aliphatic rings. The molecule has 1 fully saturated rings. The highest BCUT2D eigenvalue weighted by Gasteiger charge is 2.19. The van der Waals surface area contributed by atoms with Crippen LogP contribution in [0.4, 0.5) is 8.78 Å². The second-order valence-electron chi connectivity index (χ2n) is 8.61. The predicted octanol–water partition coefficient (Wildman–Crippen LogP) is 7.81. The third kappa shape index (κ3) is 3.09. The van der Waals surface area contributed by atoms with Crippen LogP contribution in [0, 0.1) is 17.6 Å². The molecule has 2 nitrogen and oxygen atoms in total. The lowest BCUT2D eigenvalue weighted by atomic mass is 9.95. The highest BCUT2D eigenvalue weighted by Crippen LogP contribution is 2.39. The van der Waals surface area contributed by atoms with E-state index in [9.17, 15) is 8.78 Å². The Hall–Kier alpha value is -3.27. The monoisotopic (exact) mass is 413 g/mol. The summed E-state index contributed by atoms with van der Waals surface area (Å²) in [6.45, 7) is 0. The topological polar surface area (TPSA) is 26.0 Å². The largest absolute Gasteiger partial charge is 0.455 e. The third-order valence-electron chi connectivity index (χ3n) is 6.60. The highest BCUT2D eigenvalue weighted by molar-refractivity contribution is 6.11. The molecule has 0 saturated heterocycles. The number of aromatic nitrogens is 1. The summed E-state index contributed by atoms with van der Waals surface area (Å²) in [5.41, 5.74) is 3.66. The van der Waals surface area contributed by atoms with Crippen LogP contribution >= 0.6 is 0 Å². The van der Waals surface area contributed by atoms with Crippen LogP contribution in [0.15, 0.2) is 65.2 Å². The minimum absolute atomic E-state index is 0.207. The average Bonchev–Trinajstić information content (AvgIpc) is 3.40. The Labute approximate surface area is 178 Å². The Kier molecular flexibility index (Phi) is 4.27. The van der Waals surface area contributed by atoms with E-state index in [4.69, 9.17) is 4.42 Å². The fraction of sp³-hybridized carbons (Fsp3) is 0.222. The molecule has 0 radical (unpaired) electrons. The van der Waals surface area contributed by atoms with E-state index >= 15 is 0 Å². The quantitative estimate of drug-likeness (QED) is 0.301. The van der Waals surface area contributed by atoms with Crippen molar-refractivity contribution < 1.29 is 13.2 Å². The van der Waals surface area contributed by atoms with Crippen molar-refractivity contribution in [1.29, 1.82) is 0 Å². The molecule has 0 spiro atoms. The maximum absolute atomic E-state index is 14.5. The SMILES string of the molecule is Fc1cc(F)c2c(c1)oc1c(-c3nccc4cc(CC5CCCC5)ccc34)cccc12. The van der Waals surface area contributed by atoms with E-state index in [0.717, 1.165) is 40.4 Å². The summed E-state index contributed by atoms with van der Waals surface area (Å²) in [6, 6.07) is 16.3. The number of pyridine rings is 1. The van der Waals surface area contributed by atoms with Crippen molar-refractivity contribution in [3.63, 3.8) is 0 Å². The number of para-hydroxylation sites is 1. The number of furan rings is 1. The first-order valence-electron chi connectivity index (χ1n) is 10.9. The van der Waals surface area contributed by atoms with Gasteiger partial charge in [0.25, 0.3) is 0 Å². The highest BCUT2D eigenvalue weighted by atomic mass is 19.1. The van der Waals surface area contributed by atoms with Crippen molar-refractivity contribution in [3.8, 4) is 11.3 Å². The van der Waals surface area contributed by atoms with Crippen molar-refractivity contribution >= 4 is 32.7 Å². The van der Waals surface area contributed by atoms with E-state index in [2.05, 4.69) is 23.2 Å². The van der Waals surface area contributed by atoms with Crippen molar-refractivity contribution in [2.24, 2.45) is 5.92 Å². The standard InChI is InChI=1S/C27H21F2NO/c28-19-14-23(29)25-21-6-3-7-22(27(21)31-24(25)15-19)26-20-9-8-17(12-16-4-1-2-5-16)13-18(20)10-11-30-26/h3,6-11,13-16H,1-2,4-5,12H2. The molecular formula is C27H21F2NO. The van der Waals surface area contributed by atoms with Crippen LogP contribution < -0.4 is 0 Å². The van der Waals surface area contributed by atoms with E-state index in [1.54, 1.807) is 12.3 Å². The number of halogens is 2. The minimum atomic E-state index is -0.649. The van der Waals surface area contributed by atoms with Gasteiger partial charge in [0.2, 0.25) is 0 Å². The van der Waals surface area contributed by atoms with Gasteiger partial charge in [0.1, 0.15) is 22.8 Å². The van der Waals surface area contributed by atoms with Gasteiger partial charge in [0.15, 0.2) is 0 Å². The molecule has 0 bridgehead atoms. The average molecular weight is 413 g/mol. The lowest BCUT2D eigenvalue weighted by Gasteiger charge is -2.11. The second-order valence-corrected chi connectivity index (χ2v) is 8.61. The third-order valence-corrected chi connectivity index (χ3v) is 6.60. The van der Waals surface area contributed by atoms with Gasteiger partial charge in [-0.2, -0.15) is 0 Å². The van der Waals surface area contributed by atoms with Crippen LogP contribution in [-0.4, -0.2) is 4.98 Å². The minimum Gasteiger partial charge on any atom is -0.455 e. The van der Waals surface area contributed by atoms with E-state index in [1.165, 1.54) is 37.3 Å². The number of nitrogens with zero attached hydrogens (tertiary/aromatic N) is 1. The molecule has 0 N–H and O–H groups in total. The number of fused-ring (bicyclic) bond motifs is 4. The fourth-order valence-electron chi connectivity index (χ4n) is 5.15. The van der Waals surface area contributed by atoms with Gasteiger partial charge in [0.05, 0.1) is 11.1 Å². The Morgan fingerprint density at radius 3 is 2.68 bits per heavy atom. The Bertz CT molecular complexity index is 1450. The van der Waals surface area contributed by atoms with E-state index in [1.807, 2.05) is 18.2 Å². The van der Waals surface area contributed by atoms with Crippen LogP contribution in [0.2, 0.25) is 0 Å². The lowest BCUT2D eigenvalue weighted by Crippen LogP contribution is -1.98. The fourth-order valence-corrected chi connectivity index (χ4v) is 5.15. The summed E-state index contributed by atoms with van der Waals surface area (Å²) >= 11 is 0. The molecule has 0 atom stereocenters. The summed E-state index contributed by atoms with van der Waals surface area (Å²) in [5.74, 6) is -0.477. The van der Waals surface area contributed by atoms with Crippen LogP contribution in [-0.2, 0) is 6.42 Å². The Balaban J connectivity index is 1.52. The first kappa shape index (κ1) is 18.5. The first-order valence-corrected chi connectivity index (χ1v) is 10.9. The van der Waals surface area contributed by atoms with Crippen LogP contribution in [0.1, 0.15) is 31.2 Å². The van der Waals surface area contributed by atoms with Gasteiger partial charge >= 0.3 is 0 Å². The van der Waals surface area contributed by atoms with Gasteiger partial charge in [-0.15, -0.1) is 0 Å². The van der Waals surface area contributed by atoms with Gasteiger partial charge in [0, 0.05) is 34.7 Å². The van der Waals surface area contributed by atoms with Crippen LogP contribution in [0.5, 0.6) is 0 Å². The molecule has 31 heavy (non-hydrogen) atoms. The van der Waals surface area contributed by atoms with Crippen molar-refractivity contribution in [1.82, 2.24) is 4.98 Å². The molecule has 0 aliphatic heterocycles. The lowest BCUT2D eigenvalue weighted by molar-refractivity contribution is 0.547. The van der Waals surface area contributed by atoms with E-state index < -0.39 is 11.6 Å². The number of hydrogen-bond donors (Lipinski definition) is 0. The molecule has 2 heterocycles. The molecule has 154 valence electrons. The Morgan fingerprint density at radius 1 is 0.935 bits per heavy atom. The molecule has 1 aliphatic carbocycles. The van der Waals surface area contributed by atoms with Gasteiger partial charge < -0.3 is 4.42 Å². The molecule has 4 heteroatoms. The number of rotatable bonds is 3. The molecule has 1 saturated carbocycles. The summed E-state index contributed by atoms with van der Waals surface area (Å²) in [7, 11) is 0. The predicted molar refractivity (Wildman–Crippen MR) is 120 cm³/mol. The molecule has 0 amide bonds. The normalized spacial score (nSPS) is 14.9. The summed E-state index contributed by atoms with van der Waals surface area (Å²) in [4.78, 5) is 4.64. The zero-order valence-electron chi connectivity index (χ0n) is 17.0. The van der Waals surface area contributed by atoms with E-state index in [0.29, 0.717) is 16.4 Å². The summed E-state index contributed by atoms with van der Waals surface area (Å²) in [6.07, 6.45) is 8.27.